The lowest BCUT2D eigenvalue weighted by atomic mass is 10.2. The van der Waals surface area contributed by atoms with Crippen LogP contribution in [-0.4, -0.2) is 36.1 Å². The van der Waals surface area contributed by atoms with Gasteiger partial charge in [0.05, 0.1) is 24.6 Å². The molecule has 1 aromatic heterocycles. The zero-order valence-corrected chi connectivity index (χ0v) is 10.4. The third-order valence-electron chi connectivity index (χ3n) is 3.17. The minimum absolute atomic E-state index is 0.428. The molecule has 19 heavy (non-hydrogen) atoms. The van der Waals surface area contributed by atoms with Crippen LogP contribution >= 0.6 is 0 Å². The molecule has 0 radical (unpaired) electrons. The molecule has 0 aliphatic carbocycles. The van der Waals surface area contributed by atoms with Gasteiger partial charge in [0.25, 0.3) is 0 Å². The number of nitrogens with zero attached hydrogens (tertiary/aromatic N) is 4. The summed E-state index contributed by atoms with van der Waals surface area (Å²) in [4.78, 5) is 12.9. The summed E-state index contributed by atoms with van der Waals surface area (Å²) >= 11 is 0. The predicted molar refractivity (Wildman–Crippen MR) is 72.1 cm³/mol. The van der Waals surface area contributed by atoms with E-state index in [9.17, 15) is 4.91 Å². The highest BCUT2D eigenvalue weighted by molar-refractivity contribution is 5.68. The molecule has 0 bridgehead atoms. The van der Waals surface area contributed by atoms with Crippen LogP contribution in [0, 0.1) is 4.91 Å². The van der Waals surface area contributed by atoms with E-state index < -0.39 is 0 Å². The van der Waals surface area contributed by atoms with E-state index in [2.05, 4.69) is 15.2 Å². The van der Waals surface area contributed by atoms with E-state index in [4.69, 9.17) is 4.74 Å². The van der Waals surface area contributed by atoms with Gasteiger partial charge >= 0.3 is 0 Å². The molecule has 6 heteroatoms. The molecule has 0 unspecified atom stereocenters. The van der Waals surface area contributed by atoms with Crippen molar-refractivity contribution in [3.63, 3.8) is 0 Å². The first-order valence-electron chi connectivity index (χ1n) is 6.18. The van der Waals surface area contributed by atoms with E-state index in [1.165, 1.54) is 0 Å². The lowest BCUT2D eigenvalue weighted by Crippen LogP contribution is -2.36. The first-order valence-corrected chi connectivity index (χ1v) is 6.18. The van der Waals surface area contributed by atoms with Crippen LogP contribution in [0.15, 0.2) is 41.8 Å². The van der Waals surface area contributed by atoms with Gasteiger partial charge < -0.3 is 9.64 Å². The zero-order valence-electron chi connectivity index (χ0n) is 10.4. The van der Waals surface area contributed by atoms with Crippen molar-refractivity contribution >= 4 is 11.4 Å². The van der Waals surface area contributed by atoms with Crippen LogP contribution in [-0.2, 0) is 4.74 Å². The first-order chi connectivity index (χ1) is 9.38. The molecule has 0 spiro atoms. The molecule has 6 nitrogen and oxygen atoms in total. The Balaban J connectivity index is 2.05. The molecule has 1 aromatic carbocycles. The van der Waals surface area contributed by atoms with Gasteiger partial charge in [-0.05, 0) is 29.4 Å². The van der Waals surface area contributed by atoms with Gasteiger partial charge in [-0.2, -0.15) is 5.10 Å². The SMILES string of the molecule is O=Nc1ccc(-n2cccn2)c(N2CCOCC2)c1. The Hall–Kier alpha value is -2.21. The highest BCUT2D eigenvalue weighted by Crippen LogP contribution is 2.29. The number of hydrogen-bond donors (Lipinski definition) is 0. The summed E-state index contributed by atoms with van der Waals surface area (Å²) in [6.45, 7) is 2.99. The van der Waals surface area contributed by atoms with Crippen molar-refractivity contribution in [2.24, 2.45) is 5.18 Å². The van der Waals surface area contributed by atoms with Gasteiger partial charge in [0, 0.05) is 25.5 Å². The topological polar surface area (TPSA) is 59.7 Å². The first kappa shape index (κ1) is 11.9. The van der Waals surface area contributed by atoms with Gasteiger partial charge in [0.2, 0.25) is 0 Å². The van der Waals surface area contributed by atoms with E-state index in [1.54, 1.807) is 23.0 Å². The highest BCUT2D eigenvalue weighted by Gasteiger charge is 2.16. The maximum atomic E-state index is 10.7. The zero-order chi connectivity index (χ0) is 13.1. The van der Waals surface area contributed by atoms with Crippen molar-refractivity contribution in [1.82, 2.24) is 9.78 Å². The fraction of sp³-hybridized carbons (Fsp3) is 0.308. The maximum Gasteiger partial charge on any atom is 0.110 e. The largest absolute Gasteiger partial charge is 0.378 e. The molecule has 1 fully saturated rings. The number of benzene rings is 1. The molecule has 3 rings (SSSR count). The van der Waals surface area contributed by atoms with Crippen molar-refractivity contribution in [3.8, 4) is 5.69 Å². The summed E-state index contributed by atoms with van der Waals surface area (Å²) in [5.74, 6) is 0. The highest BCUT2D eigenvalue weighted by atomic mass is 16.5. The predicted octanol–water partition coefficient (Wildman–Crippen LogP) is 2.11. The van der Waals surface area contributed by atoms with Crippen molar-refractivity contribution in [3.05, 3.63) is 41.6 Å². The average molecular weight is 258 g/mol. The number of hydrogen-bond acceptors (Lipinski definition) is 5. The van der Waals surface area contributed by atoms with Crippen LogP contribution in [0.1, 0.15) is 0 Å². The standard InChI is InChI=1S/C13H14N4O2/c18-15-11-2-3-12(17-5-1-4-14-17)13(10-11)16-6-8-19-9-7-16/h1-5,10H,6-9H2. The number of ether oxygens (including phenoxy) is 1. The third kappa shape index (κ3) is 2.34. The minimum atomic E-state index is 0.428. The maximum absolute atomic E-state index is 10.7. The Bertz CT molecular complexity index is 562. The lowest BCUT2D eigenvalue weighted by Gasteiger charge is -2.30. The fourth-order valence-corrected chi connectivity index (χ4v) is 2.23. The third-order valence-corrected chi connectivity index (χ3v) is 3.17. The fourth-order valence-electron chi connectivity index (χ4n) is 2.23. The van der Waals surface area contributed by atoms with Crippen LogP contribution in [0.3, 0.4) is 0 Å². The number of rotatable bonds is 3. The summed E-state index contributed by atoms with van der Waals surface area (Å²) in [5, 5.41) is 7.26. The Morgan fingerprint density at radius 1 is 1.21 bits per heavy atom. The summed E-state index contributed by atoms with van der Waals surface area (Å²) < 4.78 is 7.15. The van der Waals surface area contributed by atoms with Crippen LogP contribution in [0.5, 0.6) is 0 Å². The smallest absolute Gasteiger partial charge is 0.110 e. The quantitative estimate of drug-likeness (QED) is 0.791. The molecular weight excluding hydrogens is 244 g/mol. The van der Waals surface area contributed by atoms with Crippen LogP contribution in [0.4, 0.5) is 11.4 Å². The molecule has 1 aliphatic heterocycles. The molecule has 1 saturated heterocycles. The van der Waals surface area contributed by atoms with Crippen molar-refractivity contribution in [2.75, 3.05) is 31.2 Å². The van der Waals surface area contributed by atoms with E-state index in [0.29, 0.717) is 18.9 Å². The number of aromatic nitrogens is 2. The van der Waals surface area contributed by atoms with E-state index >= 15 is 0 Å². The lowest BCUT2D eigenvalue weighted by molar-refractivity contribution is 0.122. The average Bonchev–Trinajstić information content (AvgIpc) is 3.01. The minimum Gasteiger partial charge on any atom is -0.378 e. The van der Waals surface area contributed by atoms with Gasteiger partial charge in [0.15, 0.2) is 0 Å². The van der Waals surface area contributed by atoms with Gasteiger partial charge in [-0.3, -0.25) is 0 Å². The van der Waals surface area contributed by atoms with Gasteiger partial charge in [-0.25, -0.2) is 4.68 Å². The second-order valence-corrected chi connectivity index (χ2v) is 4.31. The summed E-state index contributed by atoms with van der Waals surface area (Å²) in [7, 11) is 0. The normalized spacial score (nSPS) is 15.5. The number of nitroso groups, excluding NO2 is 1. The van der Waals surface area contributed by atoms with Crippen molar-refractivity contribution in [1.29, 1.82) is 0 Å². The van der Waals surface area contributed by atoms with Crippen LogP contribution in [0.2, 0.25) is 0 Å². The van der Waals surface area contributed by atoms with Crippen molar-refractivity contribution in [2.45, 2.75) is 0 Å². The van der Waals surface area contributed by atoms with Gasteiger partial charge in [-0.15, -0.1) is 4.91 Å². The molecule has 98 valence electrons. The van der Waals surface area contributed by atoms with Crippen LogP contribution in [0.25, 0.3) is 5.69 Å². The molecule has 0 amide bonds. The number of anilines is 1. The van der Waals surface area contributed by atoms with E-state index in [1.807, 2.05) is 18.3 Å². The second kappa shape index (κ2) is 5.19. The summed E-state index contributed by atoms with van der Waals surface area (Å²) in [6.07, 6.45) is 3.61. The Labute approximate surface area is 110 Å². The Morgan fingerprint density at radius 2 is 2.05 bits per heavy atom. The number of morpholine rings is 1. The Kier molecular flexibility index (Phi) is 3.24. The van der Waals surface area contributed by atoms with Crippen molar-refractivity contribution < 1.29 is 4.74 Å². The molecule has 0 saturated carbocycles. The summed E-state index contributed by atoms with van der Waals surface area (Å²) in [5.41, 5.74) is 2.33. The molecule has 0 N–H and O–H groups in total. The van der Waals surface area contributed by atoms with E-state index in [0.717, 1.165) is 24.5 Å². The summed E-state index contributed by atoms with van der Waals surface area (Å²) in [6, 6.07) is 7.24. The molecule has 0 atom stereocenters. The second-order valence-electron chi connectivity index (χ2n) is 4.31. The van der Waals surface area contributed by atoms with E-state index in [-0.39, 0.29) is 0 Å². The molecule has 2 heterocycles. The Morgan fingerprint density at radius 3 is 2.74 bits per heavy atom. The molecule has 2 aromatic rings. The van der Waals surface area contributed by atoms with Gasteiger partial charge in [-0.1, -0.05) is 0 Å². The van der Waals surface area contributed by atoms with Gasteiger partial charge in [0.1, 0.15) is 5.69 Å². The monoisotopic (exact) mass is 258 g/mol. The molecular formula is C13H14N4O2. The molecule has 1 aliphatic rings. The van der Waals surface area contributed by atoms with Crippen LogP contribution < -0.4 is 4.90 Å².